The number of anilines is 1. The predicted molar refractivity (Wildman–Crippen MR) is 75.6 cm³/mol. The number of hydrogen-bond acceptors (Lipinski definition) is 2. The van der Waals surface area contributed by atoms with E-state index in [-0.39, 0.29) is 6.54 Å². The van der Waals surface area contributed by atoms with Crippen molar-refractivity contribution in [3.05, 3.63) is 28.8 Å². The SMILES string of the molecule is O=C(NCCc1c(Cl)cccc1N1CCCC1)C(F)F. The van der Waals surface area contributed by atoms with E-state index in [0.717, 1.165) is 37.2 Å². The first-order valence-corrected chi connectivity index (χ1v) is 7.05. The monoisotopic (exact) mass is 302 g/mol. The molecule has 0 bridgehead atoms. The van der Waals surface area contributed by atoms with Gasteiger partial charge in [-0.05, 0) is 37.0 Å². The van der Waals surface area contributed by atoms with Crippen LogP contribution in [0.25, 0.3) is 0 Å². The molecule has 1 N–H and O–H groups in total. The number of halogens is 3. The Bertz CT molecular complexity index is 476. The fourth-order valence-electron chi connectivity index (χ4n) is 2.44. The van der Waals surface area contributed by atoms with Crippen LogP contribution in [0.15, 0.2) is 18.2 Å². The van der Waals surface area contributed by atoms with Gasteiger partial charge < -0.3 is 10.2 Å². The Labute approximate surface area is 121 Å². The highest BCUT2D eigenvalue weighted by atomic mass is 35.5. The number of hydrogen-bond donors (Lipinski definition) is 1. The molecule has 0 unspecified atom stereocenters. The molecule has 2 rings (SSSR count). The number of carbonyl (C=O) groups is 1. The predicted octanol–water partition coefficient (Wildman–Crippen LogP) is 2.86. The van der Waals surface area contributed by atoms with Crippen molar-refractivity contribution in [2.75, 3.05) is 24.5 Å². The number of benzene rings is 1. The van der Waals surface area contributed by atoms with Gasteiger partial charge in [0, 0.05) is 30.3 Å². The molecule has 3 nitrogen and oxygen atoms in total. The minimum atomic E-state index is -2.97. The molecule has 1 heterocycles. The Morgan fingerprint density at radius 3 is 2.70 bits per heavy atom. The van der Waals surface area contributed by atoms with E-state index in [1.54, 1.807) is 6.07 Å². The standard InChI is InChI=1S/C14H17ClF2N2O/c15-11-4-3-5-12(19-8-1-2-9-19)10(11)6-7-18-14(20)13(16)17/h3-5,13H,1-2,6-9H2,(H,18,20). The summed E-state index contributed by atoms with van der Waals surface area (Å²) in [7, 11) is 0. The topological polar surface area (TPSA) is 32.3 Å². The molecule has 1 aliphatic rings. The first-order valence-electron chi connectivity index (χ1n) is 6.68. The molecule has 0 radical (unpaired) electrons. The van der Waals surface area contributed by atoms with Crippen LogP contribution in [0.2, 0.25) is 5.02 Å². The van der Waals surface area contributed by atoms with Gasteiger partial charge in [0.1, 0.15) is 0 Å². The van der Waals surface area contributed by atoms with Gasteiger partial charge in [-0.15, -0.1) is 0 Å². The van der Waals surface area contributed by atoms with E-state index in [1.807, 2.05) is 12.1 Å². The second-order valence-electron chi connectivity index (χ2n) is 4.77. The van der Waals surface area contributed by atoms with Crippen LogP contribution in [0.5, 0.6) is 0 Å². The third-order valence-corrected chi connectivity index (χ3v) is 3.77. The summed E-state index contributed by atoms with van der Waals surface area (Å²) in [4.78, 5) is 13.1. The molecule has 6 heteroatoms. The Hall–Kier alpha value is -1.36. The van der Waals surface area contributed by atoms with Crippen molar-refractivity contribution in [2.24, 2.45) is 0 Å². The molecule has 0 atom stereocenters. The average molecular weight is 303 g/mol. The summed E-state index contributed by atoms with van der Waals surface area (Å²) < 4.78 is 24.2. The van der Waals surface area contributed by atoms with E-state index in [9.17, 15) is 13.6 Å². The lowest BCUT2D eigenvalue weighted by molar-refractivity contribution is -0.131. The highest BCUT2D eigenvalue weighted by Gasteiger charge is 2.18. The zero-order valence-electron chi connectivity index (χ0n) is 11.0. The van der Waals surface area contributed by atoms with E-state index in [4.69, 9.17) is 11.6 Å². The zero-order valence-corrected chi connectivity index (χ0v) is 11.8. The minimum Gasteiger partial charge on any atom is -0.371 e. The van der Waals surface area contributed by atoms with Crippen LogP contribution in [-0.2, 0) is 11.2 Å². The summed E-state index contributed by atoms with van der Waals surface area (Å²) in [6.07, 6.45) is -0.231. The maximum atomic E-state index is 12.1. The summed E-state index contributed by atoms with van der Waals surface area (Å²) in [6.45, 7) is 2.13. The molecule has 0 saturated carbocycles. The molecule has 0 aromatic heterocycles. The molecule has 110 valence electrons. The molecular formula is C14H17ClF2N2O. The van der Waals surface area contributed by atoms with Gasteiger partial charge in [0.15, 0.2) is 0 Å². The molecule has 0 spiro atoms. The lowest BCUT2D eigenvalue weighted by Crippen LogP contribution is -2.31. The zero-order chi connectivity index (χ0) is 14.5. The van der Waals surface area contributed by atoms with E-state index in [0.29, 0.717) is 11.4 Å². The van der Waals surface area contributed by atoms with Crippen LogP contribution in [0, 0.1) is 0 Å². The summed E-state index contributed by atoms with van der Waals surface area (Å²) >= 11 is 6.20. The molecule has 1 saturated heterocycles. The van der Waals surface area contributed by atoms with Crippen molar-refractivity contribution in [1.29, 1.82) is 0 Å². The molecular weight excluding hydrogens is 286 g/mol. The fraction of sp³-hybridized carbons (Fsp3) is 0.500. The molecule has 0 aliphatic carbocycles. The molecule has 20 heavy (non-hydrogen) atoms. The van der Waals surface area contributed by atoms with Crippen LogP contribution in [0.4, 0.5) is 14.5 Å². The number of nitrogens with one attached hydrogen (secondary N) is 1. The third kappa shape index (κ3) is 3.60. The number of amides is 1. The van der Waals surface area contributed by atoms with Crippen LogP contribution >= 0.6 is 11.6 Å². The number of rotatable bonds is 5. The smallest absolute Gasteiger partial charge is 0.315 e. The van der Waals surface area contributed by atoms with Gasteiger partial charge in [0.2, 0.25) is 0 Å². The largest absolute Gasteiger partial charge is 0.371 e. The van der Waals surface area contributed by atoms with Crippen molar-refractivity contribution in [2.45, 2.75) is 25.7 Å². The molecule has 1 fully saturated rings. The number of carbonyl (C=O) groups excluding carboxylic acids is 1. The van der Waals surface area contributed by atoms with Crippen molar-refractivity contribution in [3.8, 4) is 0 Å². The summed E-state index contributed by atoms with van der Waals surface area (Å²) in [5, 5.41) is 2.82. The lowest BCUT2D eigenvalue weighted by atomic mass is 10.1. The minimum absolute atomic E-state index is 0.160. The maximum Gasteiger partial charge on any atom is 0.315 e. The van der Waals surface area contributed by atoms with Gasteiger partial charge in [0.25, 0.3) is 5.91 Å². The van der Waals surface area contributed by atoms with Crippen molar-refractivity contribution in [1.82, 2.24) is 5.32 Å². The Kier molecular flexibility index (Phi) is 5.17. The van der Waals surface area contributed by atoms with Crippen molar-refractivity contribution >= 4 is 23.2 Å². The van der Waals surface area contributed by atoms with Gasteiger partial charge in [-0.2, -0.15) is 8.78 Å². The van der Waals surface area contributed by atoms with E-state index in [1.165, 1.54) is 0 Å². The first-order chi connectivity index (χ1) is 9.59. The summed E-state index contributed by atoms with van der Waals surface area (Å²) in [5.41, 5.74) is 1.95. The van der Waals surface area contributed by atoms with E-state index < -0.39 is 12.3 Å². The van der Waals surface area contributed by atoms with Gasteiger partial charge >= 0.3 is 6.43 Å². The Morgan fingerprint density at radius 1 is 1.35 bits per heavy atom. The first kappa shape index (κ1) is 15.0. The van der Waals surface area contributed by atoms with Gasteiger partial charge in [-0.3, -0.25) is 4.79 Å². The van der Waals surface area contributed by atoms with Crippen LogP contribution in [0.3, 0.4) is 0 Å². The van der Waals surface area contributed by atoms with Crippen molar-refractivity contribution in [3.63, 3.8) is 0 Å². The van der Waals surface area contributed by atoms with E-state index >= 15 is 0 Å². The summed E-state index contributed by atoms with van der Waals surface area (Å²) in [5.74, 6) is -1.24. The molecule has 1 aromatic carbocycles. The van der Waals surface area contributed by atoms with Crippen LogP contribution in [-0.4, -0.2) is 32.0 Å². The molecule has 1 aromatic rings. The summed E-state index contributed by atoms with van der Waals surface area (Å²) in [6, 6.07) is 5.66. The molecule has 1 amide bonds. The third-order valence-electron chi connectivity index (χ3n) is 3.41. The maximum absolute atomic E-state index is 12.1. The fourth-order valence-corrected chi connectivity index (χ4v) is 2.70. The Morgan fingerprint density at radius 2 is 2.05 bits per heavy atom. The second kappa shape index (κ2) is 6.88. The highest BCUT2D eigenvalue weighted by Crippen LogP contribution is 2.30. The van der Waals surface area contributed by atoms with Gasteiger partial charge in [-0.1, -0.05) is 17.7 Å². The number of nitrogens with zero attached hydrogens (tertiary/aromatic N) is 1. The normalized spacial score (nSPS) is 14.9. The lowest BCUT2D eigenvalue weighted by Gasteiger charge is -2.22. The van der Waals surface area contributed by atoms with E-state index in [2.05, 4.69) is 10.2 Å². The second-order valence-corrected chi connectivity index (χ2v) is 5.18. The highest BCUT2D eigenvalue weighted by molar-refractivity contribution is 6.31. The van der Waals surface area contributed by atoms with Crippen LogP contribution < -0.4 is 10.2 Å². The van der Waals surface area contributed by atoms with Crippen LogP contribution in [0.1, 0.15) is 18.4 Å². The number of alkyl halides is 2. The van der Waals surface area contributed by atoms with Gasteiger partial charge in [-0.25, -0.2) is 0 Å². The average Bonchev–Trinajstić information content (AvgIpc) is 2.94. The Balaban J connectivity index is 2.04. The van der Waals surface area contributed by atoms with Crippen molar-refractivity contribution < 1.29 is 13.6 Å². The molecule has 1 aliphatic heterocycles. The van der Waals surface area contributed by atoms with Gasteiger partial charge in [0.05, 0.1) is 0 Å². The quantitative estimate of drug-likeness (QED) is 0.907.